The summed E-state index contributed by atoms with van der Waals surface area (Å²) in [5.41, 5.74) is 7.94. The highest BCUT2D eigenvalue weighted by molar-refractivity contribution is 7.92. The van der Waals surface area contributed by atoms with Crippen LogP contribution >= 0.6 is 0 Å². The zero-order valence-electron chi connectivity index (χ0n) is 14.7. The van der Waals surface area contributed by atoms with Crippen LogP contribution in [0, 0.1) is 6.92 Å². The second-order valence-corrected chi connectivity index (χ2v) is 8.33. The normalized spacial score (nSPS) is 17.8. The van der Waals surface area contributed by atoms with Gasteiger partial charge in [0.2, 0.25) is 0 Å². The first kappa shape index (κ1) is 18.4. The van der Waals surface area contributed by atoms with Gasteiger partial charge in [-0.25, -0.2) is 8.42 Å². The first-order valence-electron chi connectivity index (χ1n) is 8.59. The average molecular weight is 373 g/mol. The van der Waals surface area contributed by atoms with Gasteiger partial charge in [0.25, 0.3) is 15.9 Å². The molecular formula is C19H23N3O3S. The van der Waals surface area contributed by atoms with E-state index in [1.807, 2.05) is 19.1 Å². The molecule has 2 aromatic carbocycles. The Hall–Kier alpha value is -2.38. The predicted molar refractivity (Wildman–Crippen MR) is 102 cm³/mol. The molecule has 3 rings (SSSR count). The fourth-order valence-corrected chi connectivity index (χ4v) is 4.05. The number of anilines is 1. The number of hydrogen-bond acceptors (Lipinski definition) is 4. The number of piperidine rings is 1. The highest BCUT2D eigenvalue weighted by Gasteiger charge is 2.23. The highest BCUT2D eigenvalue weighted by Crippen LogP contribution is 2.19. The van der Waals surface area contributed by atoms with E-state index in [0.29, 0.717) is 24.3 Å². The minimum atomic E-state index is -3.70. The van der Waals surface area contributed by atoms with Gasteiger partial charge in [-0.15, -0.1) is 0 Å². The van der Waals surface area contributed by atoms with Gasteiger partial charge in [0.05, 0.1) is 4.90 Å². The second-order valence-electron chi connectivity index (χ2n) is 6.65. The Morgan fingerprint density at radius 1 is 1.12 bits per heavy atom. The van der Waals surface area contributed by atoms with E-state index < -0.39 is 10.0 Å². The van der Waals surface area contributed by atoms with Crippen LogP contribution in [0.5, 0.6) is 0 Å². The summed E-state index contributed by atoms with van der Waals surface area (Å²) < 4.78 is 27.5. The highest BCUT2D eigenvalue weighted by atomic mass is 32.2. The van der Waals surface area contributed by atoms with Gasteiger partial charge >= 0.3 is 0 Å². The first-order valence-corrected chi connectivity index (χ1v) is 10.1. The van der Waals surface area contributed by atoms with Gasteiger partial charge < -0.3 is 10.6 Å². The van der Waals surface area contributed by atoms with Gasteiger partial charge in [-0.1, -0.05) is 17.7 Å². The van der Waals surface area contributed by atoms with E-state index in [4.69, 9.17) is 5.73 Å². The molecule has 0 radical (unpaired) electrons. The fourth-order valence-electron chi connectivity index (χ4n) is 2.99. The Labute approximate surface area is 154 Å². The molecule has 1 amide bonds. The Balaban J connectivity index is 1.73. The molecule has 2 aromatic rings. The molecule has 0 bridgehead atoms. The van der Waals surface area contributed by atoms with Crippen molar-refractivity contribution in [3.63, 3.8) is 0 Å². The second kappa shape index (κ2) is 7.47. The lowest BCUT2D eigenvalue weighted by atomic mass is 10.1. The molecule has 0 aliphatic carbocycles. The molecule has 138 valence electrons. The number of nitrogens with zero attached hydrogens (tertiary/aromatic N) is 1. The lowest BCUT2D eigenvalue weighted by Gasteiger charge is -2.30. The third-order valence-electron chi connectivity index (χ3n) is 4.46. The minimum Gasteiger partial charge on any atom is -0.337 e. The van der Waals surface area contributed by atoms with Gasteiger partial charge in [-0.2, -0.15) is 0 Å². The standard InChI is InChI=1S/C19H23N3O3S/c1-14-4-8-17(9-5-14)21-26(24,25)18-10-6-15(7-11-18)19(23)22-12-2-3-16(20)13-22/h4-11,16,21H,2-3,12-13,20H2,1H3. The Kier molecular flexibility index (Phi) is 5.29. The maximum Gasteiger partial charge on any atom is 0.261 e. The van der Waals surface area contributed by atoms with E-state index >= 15 is 0 Å². The van der Waals surface area contributed by atoms with Crippen molar-refractivity contribution in [2.45, 2.75) is 30.7 Å². The number of hydrogen-bond donors (Lipinski definition) is 2. The maximum absolute atomic E-state index is 12.5. The van der Waals surface area contributed by atoms with Gasteiger partial charge in [0.1, 0.15) is 0 Å². The monoisotopic (exact) mass is 373 g/mol. The summed E-state index contributed by atoms with van der Waals surface area (Å²) in [5.74, 6) is -0.115. The summed E-state index contributed by atoms with van der Waals surface area (Å²) in [7, 11) is -3.70. The average Bonchev–Trinajstić information content (AvgIpc) is 2.63. The quantitative estimate of drug-likeness (QED) is 0.860. The van der Waals surface area contributed by atoms with E-state index in [1.54, 1.807) is 29.2 Å². The van der Waals surface area contributed by atoms with E-state index in [0.717, 1.165) is 18.4 Å². The third kappa shape index (κ3) is 4.23. The van der Waals surface area contributed by atoms with Crippen molar-refractivity contribution in [1.82, 2.24) is 4.90 Å². The smallest absolute Gasteiger partial charge is 0.261 e. The van der Waals surface area contributed by atoms with Crippen LogP contribution in [0.4, 0.5) is 5.69 Å². The third-order valence-corrected chi connectivity index (χ3v) is 5.86. The fraction of sp³-hybridized carbons (Fsp3) is 0.316. The number of carbonyl (C=O) groups excluding carboxylic acids is 1. The molecule has 1 unspecified atom stereocenters. The lowest BCUT2D eigenvalue weighted by molar-refractivity contribution is 0.0708. The molecule has 0 saturated carbocycles. The molecule has 1 aliphatic rings. The largest absolute Gasteiger partial charge is 0.337 e. The predicted octanol–water partition coefficient (Wildman–Crippen LogP) is 2.36. The van der Waals surface area contributed by atoms with E-state index in [9.17, 15) is 13.2 Å². The van der Waals surface area contributed by atoms with Crippen LogP contribution in [0.3, 0.4) is 0 Å². The molecule has 3 N–H and O–H groups in total. The van der Waals surface area contributed by atoms with Crippen LogP contribution in [0.2, 0.25) is 0 Å². The van der Waals surface area contributed by atoms with Crippen molar-refractivity contribution in [3.8, 4) is 0 Å². The van der Waals surface area contributed by atoms with Gasteiger partial charge in [-0.3, -0.25) is 9.52 Å². The van der Waals surface area contributed by atoms with Gasteiger partial charge in [-0.05, 0) is 56.2 Å². The van der Waals surface area contributed by atoms with Crippen molar-refractivity contribution in [3.05, 3.63) is 59.7 Å². The summed E-state index contributed by atoms with van der Waals surface area (Å²) in [6.07, 6.45) is 1.81. The zero-order chi connectivity index (χ0) is 18.7. The van der Waals surface area contributed by atoms with E-state index in [-0.39, 0.29) is 16.8 Å². The molecule has 0 aromatic heterocycles. The number of amides is 1. The number of nitrogens with one attached hydrogen (secondary N) is 1. The number of benzene rings is 2. The molecule has 0 spiro atoms. The Morgan fingerprint density at radius 2 is 1.77 bits per heavy atom. The van der Waals surface area contributed by atoms with Crippen LogP contribution in [0.1, 0.15) is 28.8 Å². The van der Waals surface area contributed by atoms with E-state index in [1.165, 1.54) is 12.1 Å². The summed E-state index contributed by atoms with van der Waals surface area (Å²) in [5, 5.41) is 0. The summed E-state index contributed by atoms with van der Waals surface area (Å²) in [4.78, 5) is 14.4. The molecule has 1 heterocycles. The van der Waals surface area contributed by atoms with Crippen molar-refractivity contribution in [1.29, 1.82) is 0 Å². The van der Waals surface area contributed by atoms with E-state index in [2.05, 4.69) is 4.72 Å². The number of carbonyl (C=O) groups is 1. The molecular weight excluding hydrogens is 350 g/mol. The number of nitrogens with two attached hydrogens (primary N) is 1. The Bertz CT molecular complexity index is 877. The number of rotatable bonds is 4. The van der Waals surface area contributed by atoms with Crippen LogP contribution in [-0.4, -0.2) is 38.4 Å². The molecule has 7 heteroatoms. The van der Waals surface area contributed by atoms with Crippen LogP contribution in [-0.2, 0) is 10.0 Å². The SMILES string of the molecule is Cc1ccc(NS(=O)(=O)c2ccc(C(=O)N3CCCC(N)C3)cc2)cc1. The topological polar surface area (TPSA) is 92.5 Å². The number of sulfonamides is 1. The molecule has 1 saturated heterocycles. The summed E-state index contributed by atoms with van der Waals surface area (Å²) >= 11 is 0. The van der Waals surface area contributed by atoms with Crippen molar-refractivity contribution >= 4 is 21.6 Å². The molecule has 1 aliphatic heterocycles. The van der Waals surface area contributed by atoms with Crippen molar-refractivity contribution < 1.29 is 13.2 Å². The first-order chi connectivity index (χ1) is 12.3. The number of aryl methyl sites for hydroxylation is 1. The molecule has 26 heavy (non-hydrogen) atoms. The van der Waals surface area contributed by atoms with Crippen LogP contribution in [0.15, 0.2) is 53.4 Å². The summed E-state index contributed by atoms with van der Waals surface area (Å²) in [6, 6.07) is 13.1. The van der Waals surface area contributed by atoms with Gasteiger partial charge in [0.15, 0.2) is 0 Å². The number of likely N-dealkylation sites (tertiary alicyclic amines) is 1. The molecule has 1 atom stereocenters. The lowest BCUT2D eigenvalue weighted by Crippen LogP contribution is -2.45. The van der Waals surface area contributed by atoms with Crippen LogP contribution in [0.25, 0.3) is 0 Å². The zero-order valence-corrected chi connectivity index (χ0v) is 15.5. The van der Waals surface area contributed by atoms with Crippen LogP contribution < -0.4 is 10.5 Å². The molecule has 1 fully saturated rings. The van der Waals surface area contributed by atoms with Crippen molar-refractivity contribution in [2.75, 3.05) is 17.8 Å². The minimum absolute atomic E-state index is 0.00561. The van der Waals surface area contributed by atoms with Gasteiger partial charge in [0, 0.05) is 30.4 Å². The maximum atomic E-state index is 12.5. The molecule has 6 nitrogen and oxygen atoms in total. The Morgan fingerprint density at radius 3 is 2.38 bits per heavy atom. The summed E-state index contributed by atoms with van der Waals surface area (Å²) in [6.45, 7) is 3.15. The van der Waals surface area contributed by atoms with Crippen molar-refractivity contribution in [2.24, 2.45) is 5.73 Å².